The first kappa shape index (κ1) is 14.1. The molecule has 0 radical (unpaired) electrons. The second-order valence-corrected chi connectivity index (χ2v) is 4.87. The Morgan fingerprint density at radius 2 is 2.15 bits per heavy atom. The summed E-state index contributed by atoms with van der Waals surface area (Å²) in [6, 6.07) is 10.2. The summed E-state index contributed by atoms with van der Waals surface area (Å²) in [4.78, 5) is 0. The van der Waals surface area contributed by atoms with E-state index in [0.29, 0.717) is 18.8 Å². The molecule has 0 aliphatic carbocycles. The van der Waals surface area contributed by atoms with E-state index in [9.17, 15) is 5.26 Å². The maximum Gasteiger partial charge on any atom is 0.138 e. The summed E-state index contributed by atoms with van der Waals surface area (Å²) < 4.78 is 10.8. The topological polar surface area (TPSA) is 59.0 Å². The third-order valence-corrected chi connectivity index (χ3v) is 3.26. The number of hydrogen-bond donors (Lipinski definition) is 0. The van der Waals surface area contributed by atoms with Crippen molar-refractivity contribution in [2.45, 2.75) is 33.1 Å². The van der Waals surface area contributed by atoms with Gasteiger partial charge in [-0.1, -0.05) is 17.3 Å². The van der Waals surface area contributed by atoms with Crippen LogP contribution in [0.2, 0.25) is 0 Å². The van der Waals surface area contributed by atoms with Crippen molar-refractivity contribution in [2.75, 3.05) is 6.61 Å². The largest absolute Gasteiger partial charge is 0.494 e. The number of hydrogen-bond acceptors (Lipinski definition) is 4. The summed E-state index contributed by atoms with van der Waals surface area (Å²) in [7, 11) is 0. The Bertz CT molecular complexity index is 606. The van der Waals surface area contributed by atoms with Gasteiger partial charge in [0.25, 0.3) is 0 Å². The molecule has 1 unspecified atom stereocenters. The quantitative estimate of drug-likeness (QED) is 0.831. The van der Waals surface area contributed by atoms with E-state index in [4.69, 9.17) is 9.26 Å². The van der Waals surface area contributed by atoms with Gasteiger partial charge in [0.15, 0.2) is 0 Å². The summed E-state index contributed by atoms with van der Waals surface area (Å²) in [6.45, 7) is 6.21. The van der Waals surface area contributed by atoms with Gasteiger partial charge in [0.1, 0.15) is 11.5 Å². The molecule has 0 bridgehead atoms. The van der Waals surface area contributed by atoms with Crippen LogP contribution in [-0.4, -0.2) is 11.8 Å². The second-order valence-electron chi connectivity index (χ2n) is 4.87. The molecule has 20 heavy (non-hydrogen) atoms. The molecule has 4 heteroatoms. The monoisotopic (exact) mass is 270 g/mol. The van der Waals surface area contributed by atoms with Gasteiger partial charge >= 0.3 is 0 Å². The summed E-state index contributed by atoms with van der Waals surface area (Å²) in [5.74, 6) is 1.30. The molecule has 0 fully saturated rings. The minimum absolute atomic E-state index is 0.244. The molecule has 1 heterocycles. The molecule has 0 saturated carbocycles. The fourth-order valence-corrected chi connectivity index (χ4v) is 2.26. The van der Waals surface area contributed by atoms with Gasteiger partial charge in [0.05, 0.1) is 24.3 Å². The number of nitrogens with zero attached hydrogens (tertiary/aromatic N) is 2. The first-order valence-corrected chi connectivity index (χ1v) is 6.63. The number of aryl methyl sites for hydroxylation is 3. The smallest absolute Gasteiger partial charge is 0.138 e. The first-order chi connectivity index (χ1) is 9.61. The van der Waals surface area contributed by atoms with Crippen molar-refractivity contribution in [1.82, 2.24) is 5.16 Å². The highest BCUT2D eigenvalue weighted by atomic mass is 16.5. The lowest BCUT2D eigenvalue weighted by molar-refractivity contribution is 0.305. The Balaban J connectivity index is 1.97. The summed E-state index contributed by atoms with van der Waals surface area (Å²) in [5, 5.41) is 13.2. The Morgan fingerprint density at radius 3 is 2.75 bits per heavy atom. The van der Waals surface area contributed by atoms with Gasteiger partial charge in [-0.25, -0.2) is 0 Å². The third-order valence-electron chi connectivity index (χ3n) is 3.26. The van der Waals surface area contributed by atoms with Crippen LogP contribution in [0.25, 0.3) is 0 Å². The van der Waals surface area contributed by atoms with Crippen molar-refractivity contribution in [3.63, 3.8) is 0 Å². The van der Waals surface area contributed by atoms with Crippen molar-refractivity contribution in [1.29, 1.82) is 5.26 Å². The van der Waals surface area contributed by atoms with Crippen molar-refractivity contribution < 1.29 is 9.26 Å². The van der Waals surface area contributed by atoms with Crippen LogP contribution < -0.4 is 4.74 Å². The van der Waals surface area contributed by atoms with E-state index in [1.54, 1.807) is 0 Å². The van der Waals surface area contributed by atoms with E-state index in [1.165, 1.54) is 0 Å². The van der Waals surface area contributed by atoms with Gasteiger partial charge < -0.3 is 9.26 Å². The highest BCUT2D eigenvalue weighted by Crippen LogP contribution is 2.26. The van der Waals surface area contributed by atoms with E-state index in [1.807, 2.05) is 45.0 Å². The van der Waals surface area contributed by atoms with Crippen molar-refractivity contribution >= 4 is 0 Å². The normalized spacial score (nSPS) is 11.9. The van der Waals surface area contributed by atoms with Crippen molar-refractivity contribution in [3.05, 3.63) is 46.8 Å². The highest BCUT2D eigenvalue weighted by Gasteiger charge is 2.20. The predicted molar refractivity (Wildman–Crippen MR) is 75.6 cm³/mol. The molecule has 0 aliphatic heterocycles. The molecule has 0 saturated heterocycles. The number of benzene rings is 1. The molecule has 0 N–H and O–H groups in total. The second kappa shape index (κ2) is 6.25. The molecular formula is C16H18N2O2. The van der Waals surface area contributed by atoms with Gasteiger partial charge in [-0.05, 0) is 38.5 Å². The summed E-state index contributed by atoms with van der Waals surface area (Å²) in [6.07, 6.45) is 0.618. The zero-order chi connectivity index (χ0) is 14.5. The average Bonchev–Trinajstić information content (AvgIpc) is 2.75. The van der Waals surface area contributed by atoms with Crippen LogP contribution in [0, 0.1) is 32.1 Å². The van der Waals surface area contributed by atoms with Crippen LogP contribution in [0.4, 0.5) is 0 Å². The van der Waals surface area contributed by atoms with E-state index in [0.717, 1.165) is 22.6 Å². The summed E-state index contributed by atoms with van der Waals surface area (Å²) >= 11 is 0. The number of ether oxygens (including phenoxy) is 1. The SMILES string of the molecule is Cc1cccc(OCCC(C#N)c2c(C)noc2C)c1. The molecule has 4 nitrogen and oxygen atoms in total. The van der Waals surface area contributed by atoms with Crippen LogP contribution in [0.3, 0.4) is 0 Å². The zero-order valence-corrected chi connectivity index (χ0v) is 12.0. The van der Waals surface area contributed by atoms with Gasteiger partial charge in [0.2, 0.25) is 0 Å². The molecule has 1 aromatic heterocycles. The Labute approximate surface area is 119 Å². The minimum Gasteiger partial charge on any atom is -0.494 e. The molecular weight excluding hydrogens is 252 g/mol. The van der Waals surface area contributed by atoms with E-state index < -0.39 is 0 Å². The molecule has 1 aromatic carbocycles. The van der Waals surface area contributed by atoms with Crippen LogP contribution in [0.5, 0.6) is 5.75 Å². The van der Waals surface area contributed by atoms with E-state index in [-0.39, 0.29) is 5.92 Å². The Kier molecular flexibility index (Phi) is 4.41. The first-order valence-electron chi connectivity index (χ1n) is 6.63. The fourth-order valence-electron chi connectivity index (χ4n) is 2.26. The highest BCUT2D eigenvalue weighted by molar-refractivity contribution is 5.30. The zero-order valence-electron chi connectivity index (χ0n) is 12.0. The lowest BCUT2D eigenvalue weighted by Gasteiger charge is -2.10. The number of aromatic nitrogens is 1. The van der Waals surface area contributed by atoms with Crippen LogP contribution >= 0.6 is 0 Å². The lowest BCUT2D eigenvalue weighted by atomic mass is 9.96. The van der Waals surface area contributed by atoms with Crippen LogP contribution in [0.15, 0.2) is 28.8 Å². The molecule has 0 aliphatic rings. The Morgan fingerprint density at radius 1 is 1.35 bits per heavy atom. The number of nitriles is 1. The molecule has 104 valence electrons. The molecule has 0 spiro atoms. The fraction of sp³-hybridized carbons (Fsp3) is 0.375. The van der Waals surface area contributed by atoms with Crippen molar-refractivity contribution in [3.8, 4) is 11.8 Å². The standard InChI is InChI=1S/C16H18N2O2/c1-11-5-4-6-15(9-11)19-8-7-14(10-17)16-12(2)18-20-13(16)3/h4-6,9,14H,7-8H2,1-3H3. The van der Waals surface area contributed by atoms with E-state index in [2.05, 4.69) is 11.2 Å². The van der Waals surface area contributed by atoms with Gasteiger partial charge in [0, 0.05) is 12.0 Å². The van der Waals surface area contributed by atoms with Gasteiger partial charge in [-0.3, -0.25) is 0 Å². The van der Waals surface area contributed by atoms with Gasteiger partial charge in [-0.15, -0.1) is 0 Å². The third kappa shape index (κ3) is 3.18. The van der Waals surface area contributed by atoms with Crippen LogP contribution in [-0.2, 0) is 0 Å². The maximum atomic E-state index is 9.31. The van der Waals surface area contributed by atoms with Crippen LogP contribution in [0.1, 0.15) is 34.9 Å². The van der Waals surface area contributed by atoms with Crippen molar-refractivity contribution in [2.24, 2.45) is 0 Å². The average molecular weight is 270 g/mol. The summed E-state index contributed by atoms with van der Waals surface area (Å²) in [5.41, 5.74) is 2.83. The molecule has 0 amide bonds. The Hall–Kier alpha value is -2.28. The predicted octanol–water partition coefficient (Wildman–Crippen LogP) is 3.68. The van der Waals surface area contributed by atoms with E-state index >= 15 is 0 Å². The maximum absolute atomic E-state index is 9.31. The minimum atomic E-state index is -0.244. The van der Waals surface area contributed by atoms with Gasteiger partial charge in [-0.2, -0.15) is 5.26 Å². The molecule has 2 rings (SSSR count). The lowest BCUT2D eigenvalue weighted by Crippen LogP contribution is -2.06. The molecule has 2 aromatic rings. The number of rotatable bonds is 5. The molecule has 1 atom stereocenters.